The van der Waals surface area contributed by atoms with E-state index in [2.05, 4.69) is 35.6 Å². The third-order valence-electron chi connectivity index (χ3n) is 5.17. The highest BCUT2D eigenvalue weighted by molar-refractivity contribution is 7.07. The molecule has 0 bridgehead atoms. The average Bonchev–Trinajstić information content (AvgIpc) is 3.11. The second kappa shape index (κ2) is 5.78. The monoisotopic (exact) mass is 292 g/mol. The molecule has 2 aliphatic carbocycles. The van der Waals surface area contributed by atoms with Gasteiger partial charge >= 0.3 is 0 Å². The Balaban J connectivity index is 1.83. The molecule has 2 fully saturated rings. The first kappa shape index (κ1) is 14.6. The minimum atomic E-state index is 0.250. The van der Waals surface area contributed by atoms with E-state index in [-0.39, 0.29) is 5.54 Å². The second-order valence-corrected chi connectivity index (χ2v) is 8.05. The van der Waals surface area contributed by atoms with E-state index < -0.39 is 0 Å². The fourth-order valence-corrected chi connectivity index (χ4v) is 5.06. The molecule has 2 unspecified atom stereocenters. The summed E-state index contributed by atoms with van der Waals surface area (Å²) in [5, 5.41) is 4.50. The Bertz CT molecular complexity index is 414. The van der Waals surface area contributed by atoms with Crippen LogP contribution in [0.3, 0.4) is 0 Å². The van der Waals surface area contributed by atoms with Gasteiger partial charge in [-0.3, -0.25) is 4.90 Å². The van der Waals surface area contributed by atoms with Crippen LogP contribution in [-0.2, 0) is 6.54 Å². The predicted octanol–water partition coefficient (Wildman–Crippen LogP) is 3.87. The lowest BCUT2D eigenvalue weighted by Crippen LogP contribution is -2.57. The van der Waals surface area contributed by atoms with E-state index in [0.717, 1.165) is 31.0 Å². The van der Waals surface area contributed by atoms with Crippen molar-refractivity contribution in [2.75, 3.05) is 6.54 Å². The molecule has 3 rings (SSSR count). The summed E-state index contributed by atoms with van der Waals surface area (Å²) in [5.41, 5.74) is 8.04. The Morgan fingerprint density at radius 1 is 1.30 bits per heavy atom. The number of hydrogen-bond acceptors (Lipinski definition) is 3. The van der Waals surface area contributed by atoms with E-state index in [1.54, 1.807) is 0 Å². The van der Waals surface area contributed by atoms with E-state index in [4.69, 9.17) is 5.73 Å². The SMILES string of the molecule is CC1CC(C)CC(CN)(N(Cc2ccsc2)C2CC2)C1. The summed E-state index contributed by atoms with van der Waals surface area (Å²) in [6.07, 6.45) is 6.69. The number of rotatable bonds is 5. The number of nitrogens with zero attached hydrogens (tertiary/aromatic N) is 1. The van der Waals surface area contributed by atoms with Crippen molar-refractivity contribution in [3.05, 3.63) is 22.4 Å². The lowest BCUT2D eigenvalue weighted by Gasteiger charge is -2.50. The van der Waals surface area contributed by atoms with Gasteiger partial charge in [0.05, 0.1) is 0 Å². The van der Waals surface area contributed by atoms with Gasteiger partial charge in [0.1, 0.15) is 0 Å². The zero-order valence-electron chi connectivity index (χ0n) is 12.8. The molecule has 2 N–H and O–H groups in total. The summed E-state index contributed by atoms with van der Waals surface area (Å²) in [4.78, 5) is 2.78. The van der Waals surface area contributed by atoms with Crippen molar-refractivity contribution in [3.8, 4) is 0 Å². The lowest BCUT2D eigenvalue weighted by molar-refractivity contribution is 0.00670. The van der Waals surface area contributed by atoms with Gasteiger partial charge in [-0.25, -0.2) is 0 Å². The normalized spacial score (nSPS) is 34.6. The van der Waals surface area contributed by atoms with Crippen LogP contribution in [0.2, 0.25) is 0 Å². The van der Waals surface area contributed by atoms with Crippen LogP contribution in [0, 0.1) is 11.8 Å². The fraction of sp³-hybridized carbons (Fsp3) is 0.765. The smallest absolute Gasteiger partial charge is 0.0343 e. The van der Waals surface area contributed by atoms with Gasteiger partial charge in [-0.05, 0) is 66.3 Å². The van der Waals surface area contributed by atoms with Gasteiger partial charge in [0.2, 0.25) is 0 Å². The van der Waals surface area contributed by atoms with Crippen molar-refractivity contribution < 1.29 is 0 Å². The Morgan fingerprint density at radius 3 is 2.50 bits per heavy atom. The van der Waals surface area contributed by atoms with Gasteiger partial charge in [-0.15, -0.1) is 0 Å². The van der Waals surface area contributed by atoms with E-state index in [0.29, 0.717) is 0 Å². The quantitative estimate of drug-likeness (QED) is 0.892. The van der Waals surface area contributed by atoms with E-state index >= 15 is 0 Å². The standard InChI is InChI=1S/C17H28N2S/c1-13-7-14(2)9-17(8-13,12-18)19(16-3-4-16)10-15-5-6-20-11-15/h5-6,11,13-14,16H,3-4,7-10,12,18H2,1-2H3. The van der Waals surface area contributed by atoms with Gasteiger partial charge < -0.3 is 5.73 Å². The summed E-state index contributed by atoms with van der Waals surface area (Å²) in [6.45, 7) is 6.75. The molecule has 2 aliphatic rings. The minimum Gasteiger partial charge on any atom is -0.329 e. The third-order valence-corrected chi connectivity index (χ3v) is 5.90. The number of thiophene rings is 1. The van der Waals surface area contributed by atoms with E-state index in [1.807, 2.05) is 11.3 Å². The summed E-state index contributed by atoms with van der Waals surface area (Å²) < 4.78 is 0. The Hall–Kier alpha value is -0.380. The molecule has 0 aromatic carbocycles. The van der Waals surface area contributed by atoms with Gasteiger partial charge in [0.15, 0.2) is 0 Å². The van der Waals surface area contributed by atoms with Crippen LogP contribution in [-0.4, -0.2) is 23.0 Å². The number of hydrogen-bond donors (Lipinski definition) is 1. The summed E-state index contributed by atoms with van der Waals surface area (Å²) in [5.74, 6) is 1.62. The molecule has 2 atom stereocenters. The van der Waals surface area contributed by atoms with Crippen LogP contribution >= 0.6 is 11.3 Å². The first-order valence-electron chi connectivity index (χ1n) is 8.11. The van der Waals surface area contributed by atoms with Crippen molar-refractivity contribution in [3.63, 3.8) is 0 Å². The maximum Gasteiger partial charge on any atom is 0.0343 e. The van der Waals surface area contributed by atoms with Crippen molar-refractivity contribution in [1.29, 1.82) is 0 Å². The van der Waals surface area contributed by atoms with Crippen molar-refractivity contribution in [2.24, 2.45) is 17.6 Å². The first-order chi connectivity index (χ1) is 9.63. The van der Waals surface area contributed by atoms with Gasteiger partial charge in [0, 0.05) is 24.7 Å². The van der Waals surface area contributed by atoms with Gasteiger partial charge in [-0.1, -0.05) is 13.8 Å². The molecule has 0 amide bonds. The molecular formula is C17H28N2S. The molecular weight excluding hydrogens is 264 g/mol. The molecule has 0 spiro atoms. The van der Waals surface area contributed by atoms with Crippen molar-refractivity contribution in [2.45, 2.75) is 64.1 Å². The maximum absolute atomic E-state index is 6.32. The van der Waals surface area contributed by atoms with E-state index in [9.17, 15) is 0 Å². The van der Waals surface area contributed by atoms with Crippen LogP contribution in [0.5, 0.6) is 0 Å². The Labute approximate surface area is 127 Å². The molecule has 1 heterocycles. The second-order valence-electron chi connectivity index (χ2n) is 7.27. The largest absolute Gasteiger partial charge is 0.329 e. The minimum absolute atomic E-state index is 0.250. The topological polar surface area (TPSA) is 29.3 Å². The molecule has 2 nitrogen and oxygen atoms in total. The third kappa shape index (κ3) is 2.95. The van der Waals surface area contributed by atoms with Crippen LogP contribution in [0.4, 0.5) is 0 Å². The van der Waals surface area contributed by atoms with E-state index in [1.165, 1.54) is 37.7 Å². The molecule has 0 saturated heterocycles. The molecule has 20 heavy (non-hydrogen) atoms. The lowest BCUT2D eigenvalue weighted by atomic mass is 9.70. The molecule has 0 radical (unpaired) electrons. The van der Waals surface area contributed by atoms with Gasteiger partial charge in [0.25, 0.3) is 0 Å². The van der Waals surface area contributed by atoms with Gasteiger partial charge in [-0.2, -0.15) is 11.3 Å². The van der Waals surface area contributed by atoms with Crippen molar-refractivity contribution in [1.82, 2.24) is 4.90 Å². The van der Waals surface area contributed by atoms with Crippen LogP contribution in [0.15, 0.2) is 16.8 Å². The fourth-order valence-electron chi connectivity index (χ4n) is 4.40. The maximum atomic E-state index is 6.32. The molecule has 3 heteroatoms. The Kier molecular flexibility index (Phi) is 4.21. The zero-order chi connectivity index (χ0) is 14.2. The summed E-state index contributed by atoms with van der Waals surface area (Å²) in [6, 6.07) is 3.07. The molecule has 1 aromatic heterocycles. The van der Waals surface area contributed by atoms with Crippen LogP contribution in [0.25, 0.3) is 0 Å². The highest BCUT2D eigenvalue weighted by Crippen LogP contribution is 2.44. The molecule has 2 saturated carbocycles. The Morgan fingerprint density at radius 2 is 2.00 bits per heavy atom. The number of nitrogens with two attached hydrogens (primary N) is 1. The van der Waals surface area contributed by atoms with Crippen molar-refractivity contribution >= 4 is 11.3 Å². The molecule has 1 aromatic rings. The average molecular weight is 292 g/mol. The first-order valence-corrected chi connectivity index (χ1v) is 9.05. The highest BCUT2D eigenvalue weighted by Gasteiger charge is 2.46. The highest BCUT2D eigenvalue weighted by atomic mass is 32.1. The summed E-state index contributed by atoms with van der Waals surface area (Å²) >= 11 is 1.81. The zero-order valence-corrected chi connectivity index (χ0v) is 13.7. The summed E-state index contributed by atoms with van der Waals surface area (Å²) in [7, 11) is 0. The predicted molar refractivity (Wildman–Crippen MR) is 86.8 cm³/mol. The van der Waals surface area contributed by atoms with Crippen LogP contribution in [0.1, 0.15) is 51.5 Å². The molecule has 112 valence electrons. The van der Waals surface area contributed by atoms with Crippen LogP contribution < -0.4 is 5.73 Å². The molecule has 0 aliphatic heterocycles.